The van der Waals surface area contributed by atoms with E-state index in [0.717, 1.165) is 37.4 Å². The molecule has 1 aromatic rings. The fourth-order valence-electron chi connectivity index (χ4n) is 2.88. The third-order valence-electron chi connectivity index (χ3n) is 3.71. The fraction of sp³-hybridized carbons (Fsp3) is 0.571. The maximum absolute atomic E-state index is 9.62. The Labute approximate surface area is 119 Å². The van der Waals surface area contributed by atoms with Crippen molar-refractivity contribution in [3.8, 4) is 11.5 Å². The molecule has 106 valence electrons. The predicted octanol–water partition coefficient (Wildman–Crippen LogP) is -1.06. The van der Waals surface area contributed by atoms with Gasteiger partial charge in [0.15, 0.2) is 0 Å². The first-order valence-electron chi connectivity index (χ1n) is 6.61. The van der Waals surface area contributed by atoms with E-state index in [1.165, 1.54) is 0 Å². The Balaban J connectivity index is 0.00000133. The topological polar surface area (TPSA) is 41.9 Å². The number of phenols is 1. The molecule has 0 aromatic heterocycles. The van der Waals surface area contributed by atoms with E-state index in [4.69, 9.17) is 9.47 Å². The molecule has 0 spiro atoms. The first-order valence-corrected chi connectivity index (χ1v) is 6.61. The number of morpholine rings is 1. The van der Waals surface area contributed by atoms with Crippen LogP contribution in [0.3, 0.4) is 0 Å². The van der Waals surface area contributed by atoms with Gasteiger partial charge in [0.05, 0.1) is 12.6 Å². The lowest BCUT2D eigenvalue weighted by atomic mass is 9.96. The maximum atomic E-state index is 9.62. The molecule has 3 rings (SSSR count). The second kappa shape index (κ2) is 5.99. The smallest absolute Gasteiger partial charge is 0.125 e. The molecule has 2 atom stereocenters. The molecule has 4 nitrogen and oxygen atoms in total. The lowest BCUT2D eigenvalue weighted by molar-refractivity contribution is -0.0956. The summed E-state index contributed by atoms with van der Waals surface area (Å²) in [7, 11) is 0. The Kier molecular flexibility index (Phi) is 4.55. The number of hydrogen-bond acceptors (Lipinski definition) is 4. The largest absolute Gasteiger partial charge is 1.00 e. The van der Waals surface area contributed by atoms with E-state index in [1.807, 2.05) is 6.07 Å². The van der Waals surface area contributed by atoms with Gasteiger partial charge in [0, 0.05) is 12.1 Å². The lowest BCUT2D eigenvalue weighted by Crippen LogP contribution is -3.00. The average molecular weight is 285 g/mol. The standard InChI is InChI=1S/C14H19NO3.ClH/c1-2-5-15-6-7-17-14-11-8-10(16)3-4-13(11)18-9-12(14)15;/h3-4,8,12,14,16H,2,5-7,9H2,1H3;1H/p-1. The first kappa shape index (κ1) is 14.4. The molecule has 2 heterocycles. The molecule has 0 radical (unpaired) electrons. The number of benzene rings is 1. The van der Waals surface area contributed by atoms with Crippen molar-refractivity contribution in [1.82, 2.24) is 4.90 Å². The van der Waals surface area contributed by atoms with Crippen LogP contribution in [0.4, 0.5) is 0 Å². The van der Waals surface area contributed by atoms with E-state index in [2.05, 4.69) is 11.8 Å². The number of halogens is 1. The van der Waals surface area contributed by atoms with Crippen molar-refractivity contribution in [1.29, 1.82) is 0 Å². The Hall–Kier alpha value is -0.970. The van der Waals surface area contributed by atoms with E-state index in [9.17, 15) is 5.11 Å². The Morgan fingerprint density at radius 2 is 2.26 bits per heavy atom. The van der Waals surface area contributed by atoms with Crippen LogP contribution < -0.4 is 17.1 Å². The molecule has 0 amide bonds. The molecule has 1 N–H and O–H groups in total. The normalized spacial score (nSPS) is 25.7. The van der Waals surface area contributed by atoms with Crippen LogP contribution in [0, 0.1) is 0 Å². The number of fused-ring (bicyclic) bond motifs is 3. The fourth-order valence-corrected chi connectivity index (χ4v) is 2.88. The number of hydrogen-bond donors (Lipinski definition) is 1. The minimum Gasteiger partial charge on any atom is -1.00 e. The predicted molar refractivity (Wildman–Crippen MR) is 67.9 cm³/mol. The third-order valence-corrected chi connectivity index (χ3v) is 3.71. The molecule has 2 aliphatic rings. The lowest BCUT2D eigenvalue weighted by Gasteiger charge is -2.44. The van der Waals surface area contributed by atoms with Crippen LogP contribution in [0.2, 0.25) is 0 Å². The molecule has 19 heavy (non-hydrogen) atoms. The summed E-state index contributed by atoms with van der Waals surface area (Å²) >= 11 is 0. The molecule has 5 heteroatoms. The first-order chi connectivity index (χ1) is 8.79. The number of nitrogens with zero attached hydrogens (tertiary/aromatic N) is 1. The number of ether oxygens (including phenoxy) is 2. The van der Waals surface area contributed by atoms with Crippen molar-refractivity contribution >= 4 is 0 Å². The van der Waals surface area contributed by atoms with Gasteiger partial charge >= 0.3 is 0 Å². The average Bonchev–Trinajstić information content (AvgIpc) is 2.39. The zero-order valence-electron chi connectivity index (χ0n) is 11.0. The SMILES string of the molecule is CCCN1CCOC2c3cc(O)ccc3OCC21.[Cl-]. The van der Waals surface area contributed by atoms with Crippen LogP contribution in [0.5, 0.6) is 11.5 Å². The highest BCUT2D eigenvalue weighted by Gasteiger charge is 2.38. The highest BCUT2D eigenvalue weighted by Crippen LogP contribution is 2.40. The Morgan fingerprint density at radius 1 is 1.42 bits per heavy atom. The minimum atomic E-state index is 0. The van der Waals surface area contributed by atoms with Gasteiger partial charge in [-0.1, -0.05) is 6.92 Å². The molecule has 0 aliphatic carbocycles. The third kappa shape index (κ3) is 2.66. The summed E-state index contributed by atoms with van der Waals surface area (Å²) in [5.74, 6) is 1.11. The van der Waals surface area contributed by atoms with E-state index in [0.29, 0.717) is 6.61 Å². The summed E-state index contributed by atoms with van der Waals surface area (Å²) in [6.45, 7) is 5.64. The number of phenolic OH excluding ortho intramolecular Hbond substituents is 1. The molecule has 1 saturated heterocycles. The van der Waals surface area contributed by atoms with Gasteiger partial charge < -0.3 is 27.0 Å². The molecule has 1 aromatic carbocycles. The highest BCUT2D eigenvalue weighted by atomic mass is 35.5. The van der Waals surface area contributed by atoms with Crippen LogP contribution in [0.25, 0.3) is 0 Å². The van der Waals surface area contributed by atoms with Gasteiger partial charge in [-0.05, 0) is 31.2 Å². The van der Waals surface area contributed by atoms with E-state index < -0.39 is 0 Å². The van der Waals surface area contributed by atoms with Crippen molar-refractivity contribution in [2.75, 3.05) is 26.3 Å². The van der Waals surface area contributed by atoms with E-state index in [1.54, 1.807) is 12.1 Å². The summed E-state index contributed by atoms with van der Waals surface area (Å²) in [4.78, 5) is 2.43. The Bertz CT molecular complexity index is 439. The Morgan fingerprint density at radius 3 is 3.05 bits per heavy atom. The maximum Gasteiger partial charge on any atom is 0.125 e. The van der Waals surface area contributed by atoms with Gasteiger partial charge in [0.1, 0.15) is 24.2 Å². The van der Waals surface area contributed by atoms with E-state index >= 15 is 0 Å². The van der Waals surface area contributed by atoms with Gasteiger partial charge in [-0.25, -0.2) is 0 Å². The molecule has 1 fully saturated rings. The van der Waals surface area contributed by atoms with Crippen LogP contribution in [0.1, 0.15) is 25.0 Å². The van der Waals surface area contributed by atoms with Crippen molar-refractivity contribution in [3.05, 3.63) is 23.8 Å². The quantitative estimate of drug-likeness (QED) is 0.752. The van der Waals surface area contributed by atoms with Gasteiger partial charge in [-0.3, -0.25) is 4.90 Å². The highest BCUT2D eigenvalue weighted by molar-refractivity contribution is 5.43. The monoisotopic (exact) mass is 284 g/mol. The van der Waals surface area contributed by atoms with Gasteiger partial charge in [0.25, 0.3) is 0 Å². The summed E-state index contributed by atoms with van der Waals surface area (Å²) in [6, 6.07) is 5.52. The van der Waals surface area contributed by atoms with Crippen LogP contribution in [0.15, 0.2) is 18.2 Å². The second-order valence-corrected chi connectivity index (χ2v) is 4.93. The molecular weight excluding hydrogens is 266 g/mol. The molecular formula is C14H19ClNO3-. The minimum absolute atomic E-state index is 0. The van der Waals surface area contributed by atoms with Crippen molar-refractivity contribution in [3.63, 3.8) is 0 Å². The zero-order valence-corrected chi connectivity index (χ0v) is 11.8. The molecule has 0 bridgehead atoms. The van der Waals surface area contributed by atoms with E-state index in [-0.39, 0.29) is 30.3 Å². The van der Waals surface area contributed by atoms with Crippen molar-refractivity contribution in [2.24, 2.45) is 0 Å². The van der Waals surface area contributed by atoms with Gasteiger partial charge in [-0.2, -0.15) is 0 Å². The number of rotatable bonds is 2. The van der Waals surface area contributed by atoms with Crippen LogP contribution in [-0.2, 0) is 4.74 Å². The van der Waals surface area contributed by atoms with Crippen LogP contribution >= 0.6 is 0 Å². The summed E-state index contributed by atoms with van der Waals surface area (Å²) in [5, 5.41) is 9.62. The van der Waals surface area contributed by atoms with Gasteiger partial charge in [0.2, 0.25) is 0 Å². The molecule has 0 saturated carbocycles. The summed E-state index contributed by atoms with van der Waals surface area (Å²) in [5.41, 5.74) is 0.979. The number of aromatic hydroxyl groups is 1. The summed E-state index contributed by atoms with van der Waals surface area (Å²) in [6.07, 6.45) is 1.16. The van der Waals surface area contributed by atoms with Gasteiger partial charge in [-0.15, -0.1) is 0 Å². The summed E-state index contributed by atoms with van der Waals surface area (Å²) < 4.78 is 11.7. The van der Waals surface area contributed by atoms with Crippen molar-refractivity contribution < 1.29 is 27.0 Å². The molecule has 2 unspecified atom stereocenters. The van der Waals surface area contributed by atoms with Crippen LogP contribution in [-0.4, -0.2) is 42.4 Å². The molecule has 2 aliphatic heterocycles. The second-order valence-electron chi connectivity index (χ2n) is 4.93. The van der Waals surface area contributed by atoms with Crippen molar-refractivity contribution in [2.45, 2.75) is 25.5 Å². The zero-order chi connectivity index (χ0) is 12.5.